The maximum atomic E-state index is 13.0. The molecule has 8 nitrogen and oxygen atoms in total. The van der Waals surface area contributed by atoms with Crippen LogP contribution in [-0.4, -0.2) is 85.1 Å². The number of amides is 1. The van der Waals surface area contributed by atoms with Gasteiger partial charge in [-0.25, -0.2) is 4.98 Å². The molecule has 194 valence electrons. The second-order valence-electron chi connectivity index (χ2n) is 11.4. The Hall–Kier alpha value is -1.97. The maximum absolute atomic E-state index is 13.0. The molecule has 1 aliphatic carbocycles. The molecule has 6 rings (SSSR count). The Balaban J connectivity index is 1.15. The van der Waals surface area contributed by atoms with E-state index >= 15 is 0 Å². The van der Waals surface area contributed by atoms with Crippen molar-refractivity contribution in [3.8, 4) is 0 Å². The SMILES string of the molecule is CC1(C2CCOC2)CC1C(=O)Nc1cc2cc(N3CCN(C4(C)COCC4O)CC3)c(Cl)cc2cn1. The molecule has 2 N–H and O–H groups in total. The van der Waals surface area contributed by atoms with Gasteiger partial charge in [-0.2, -0.15) is 0 Å². The first-order valence-corrected chi connectivity index (χ1v) is 13.4. The highest BCUT2D eigenvalue weighted by Crippen LogP contribution is 2.59. The molecule has 0 radical (unpaired) electrons. The normalized spacial score (nSPS) is 34.9. The lowest BCUT2D eigenvalue weighted by atomic mass is 9.88. The highest BCUT2D eigenvalue weighted by Gasteiger charge is 2.59. The van der Waals surface area contributed by atoms with Gasteiger partial charge in [-0.1, -0.05) is 18.5 Å². The van der Waals surface area contributed by atoms with Gasteiger partial charge in [0, 0.05) is 50.3 Å². The molecule has 0 spiro atoms. The average molecular weight is 515 g/mol. The van der Waals surface area contributed by atoms with Crippen LogP contribution in [0.5, 0.6) is 0 Å². The van der Waals surface area contributed by atoms with E-state index in [0.29, 0.717) is 30.0 Å². The standard InChI is InChI=1S/C27H35ClN4O4/c1-26(19-3-8-35-14-19)12-20(26)25(34)30-24-11-17-10-22(21(28)9-18(17)13-29-24)31-4-6-32(7-5-31)27(2)16-36-15-23(27)33/h9-11,13,19-20,23,33H,3-8,12,14-16H2,1-2H3,(H,29,30,34). The van der Waals surface area contributed by atoms with E-state index in [1.54, 1.807) is 6.20 Å². The van der Waals surface area contributed by atoms with Gasteiger partial charge in [0.25, 0.3) is 0 Å². The highest BCUT2D eigenvalue weighted by atomic mass is 35.5. The van der Waals surface area contributed by atoms with Gasteiger partial charge in [-0.05, 0) is 54.7 Å². The number of pyridine rings is 1. The van der Waals surface area contributed by atoms with E-state index < -0.39 is 6.10 Å². The Morgan fingerprint density at radius 1 is 1.14 bits per heavy atom. The van der Waals surface area contributed by atoms with Crippen molar-refractivity contribution in [2.45, 2.75) is 38.3 Å². The Labute approximate surface area is 216 Å². The summed E-state index contributed by atoms with van der Waals surface area (Å²) in [5, 5.41) is 16.1. The van der Waals surface area contributed by atoms with Gasteiger partial charge >= 0.3 is 0 Å². The van der Waals surface area contributed by atoms with E-state index in [1.165, 1.54) is 0 Å². The molecule has 3 aliphatic heterocycles. The van der Waals surface area contributed by atoms with Gasteiger partial charge < -0.3 is 24.8 Å². The predicted molar refractivity (Wildman–Crippen MR) is 140 cm³/mol. The number of aliphatic hydroxyl groups excluding tert-OH is 1. The molecule has 1 saturated carbocycles. The number of carbonyl (C=O) groups excluding carboxylic acids is 1. The Morgan fingerprint density at radius 2 is 1.94 bits per heavy atom. The lowest BCUT2D eigenvalue weighted by Crippen LogP contribution is -2.60. The largest absolute Gasteiger partial charge is 0.389 e. The number of hydrogen-bond donors (Lipinski definition) is 2. The van der Waals surface area contributed by atoms with Crippen LogP contribution in [-0.2, 0) is 14.3 Å². The summed E-state index contributed by atoms with van der Waals surface area (Å²) in [7, 11) is 0. The van der Waals surface area contributed by atoms with E-state index in [-0.39, 0.29) is 22.8 Å². The van der Waals surface area contributed by atoms with Gasteiger partial charge in [0.1, 0.15) is 5.82 Å². The van der Waals surface area contributed by atoms with Crippen LogP contribution in [0.2, 0.25) is 5.02 Å². The van der Waals surface area contributed by atoms with Crippen LogP contribution in [0.15, 0.2) is 24.4 Å². The number of benzene rings is 1. The van der Waals surface area contributed by atoms with Crippen molar-refractivity contribution in [2.75, 3.05) is 62.8 Å². The molecule has 2 aromatic rings. The lowest BCUT2D eigenvalue weighted by Gasteiger charge is -2.45. The third-order valence-electron chi connectivity index (χ3n) is 9.23. The van der Waals surface area contributed by atoms with E-state index in [2.05, 4.69) is 40.0 Å². The summed E-state index contributed by atoms with van der Waals surface area (Å²) in [6.45, 7) is 10.1. The maximum Gasteiger partial charge on any atom is 0.229 e. The van der Waals surface area contributed by atoms with Crippen LogP contribution < -0.4 is 10.2 Å². The van der Waals surface area contributed by atoms with Crippen molar-refractivity contribution in [3.63, 3.8) is 0 Å². The number of aliphatic hydroxyl groups is 1. The third kappa shape index (κ3) is 4.17. The molecule has 1 aromatic carbocycles. The number of halogens is 1. The predicted octanol–water partition coefficient (Wildman–Crippen LogP) is 3.16. The third-order valence-corrected chi connectivity index (χ3v) is 9.53. The minimum Gasteiger partial charge on any atom is -0.389 e. The summed E-state index contributed by atoms with van der Waals surface area (Å²) >= 11 is 6.70. The topological polar surface area (TPSA) is 87.2 Å². The zero-order valence-electron chi connectivity index (χ0n) is 21.0. The van der Waals surface area contributed by atoms with Crippen LogP contribution in [0.3, 0.4) is 0 Å². The molecule has 36 heavy (non-hydrogen) atoms. The number of piperazine rings is 1. The van der Waals surface area contributed by atoms with E-state index in [9.17, 15) is 9.90 Å². The fourth-order valence-electron chi connectivity index (χ4n) is 6.37. The summed E-state index contributed by atoms with van der Waals surface area (Å²) in [6, 6.07) is 5.98. The number of carbonyl (C=O) groups is 1. The highest BCUT2D eigenvalue weighted by molar-refractivity contribution is 6.34. The van der Waals surface area contributed by atoms with E-state index in [4.69, 9.17) is 21.1 Å². The van der Waals surface area contributed by atoms with Crippen molar-refractivity contribution in [1.29, 1.82) is 0 Å². The van der Waals surface area contributed by atoms with E-state index in [0.717, 1.165) is 68.7 Å². The Morgan fingerprint density at radius 3 is 2.64 bits per heavy atom. The number of anilines is 2. The molecule has 3 saturated heterocycles. The summed E-state index contributed by atoms with van der Waals surface area (Å²) in [6.07, 6.45) is 3.26. The van der Waals surface area contributed by atoms with Gasteiger partial charge in [-0.3, -0.25) is 9.69 Å². The van der Waals surface area contributed by atoms with Gasteiger partial charge in [0.05, 0.1) is 42.2 Å². The second-order valence-corrected chi connectivity index (χ2v) is 11.8. The van der Waals surface area contributed by atoms with Crippen LogP contribution in [0, 0.1) is 17.3 Å². The zero-order chi connectivity index (χ0) is 25.1. The number of nitrogens with one attached hydrogen (secondary N) is 1. The Kier molecular flexibility index (Phi) is 6.16. The lowest BCUT2D eigenvalue weighted by molar-refractivity contribution is -0.118. The quantitative estimate of drug-likeness (QED) is 0.633. The van der Waals surface area contributed by atoms with Crippen LogP contribution >= 0.6 is 11.6 Å². The fourth-order valence-corrected chi connectivity index (χ4v) is 6.66. The van der Waals surface area contributed by atoms with E-state index in [1.807, 2.05) is 12.1 Å². The van der Waals surface area contributed by atoms with Crippen LogP contribution in [0.25, 0.3) is 10.8 Å². The van der Waals surface area contributed by atoms with Gasteiger partial charge in [0.15, 0.2) is 0 Å². The molecule has 9 heteroatoms. The molecular weight excluding hydrogens is 480 g/mol. The minimum atomic E-state index is -0.463. The molecular formula is C27H35ClN4O4. The summed E-state index contributed by atoms with van der Waals surface area (Å²) in [4.78, 5) is 22.1. The number of hydrogen-bond acceptors (Lipinski definition) is 7. The summed E-state index contributed by atoms with van der Waals surface area (Å²) in [5.74, 6) is 1.11. The molecule has 5 unspecified atom stereocenters. The smallest absolute Gasteiger partial charge is 0.229 e. The fraction of sp³-hybridized carbons (Fsp3) is 0.630. The molecule has 4 aliphatic rings. The first-order valence-electron chi connectivity index (χ1n) is 13.0. The monoisotopic (exact) mass is 514 g/mol. The minimum absolute atomic E-state index is 0.0180. The van der Waals surface area contributed by atoms with Gasteiger partial charge in [-0.15, -0.1) is 0 Å². The molecule has 5 atom stereocenters. The number of nitrogens with zero attached hydrogens (tertiary/aromatic N) is 3. The van der Waals surface area contributed by atoms with Crippen molar-refractivity contribution < 1.29 is 19.4 Å². The van der Waals surface area contributed by atoms with Crippen molar-refractivity contribution >= 4 is 39.8 Å². The van der Waals surface area contributed by atoms with Crippen molar-refractivity contribution in [2.24, 2.45) is 17.3 Å². The molecule has 1 amide bonds. The van der Waals surface area contributed by atoms with Crippen molar-refractivity contribution in [3.05, 3.63) is 29.4 Å². The summed E-state index contributed by atoms with van der Waals surface area (Å²) in [5.41, 5.74) is 0.690. The van der Waals surface area contributed by atoms with Gasteiger partial charge in [0.2, 0.25) is 5.91 Å². The molecule has 0 bridgehead atoms. The zero-order valence-corrected chi connectivity index (χ0v) is 21.8. The van der Waals surface area contributed by atoms with Crippen molar-refractivity contribution in [1.82, 2.24) is 9.88 Å². The molecule has 4 fully saturated rings. The Bertz CT molecular complexity index is 1170. The number of rotatable bonds is 5. The average Bonchev–Trinajstić information content (AvgIpc) is 3.19. The van der Waals surface area contributed by atoms with Crippen LogP contribution in [0.1, 0.15) is 26.7 Å². The number of fused-ring (bicyclic) bond motifs is 1. The number of ether oxygens (including phenoxy) is 2. The molecule has 4 heterocycles. The first-order chi connectivity index (χ1) is 17.3. The first kappa shape index (κ1) is 24.4. The second kappa shape index (κ2) is 9.10. The molecule has 1 aromatic heterocycles. The van der Waals surface area contributed by atoms with Crippen LogP contribution in [0.4, 0.5) is 11.5 Å². The number of aromatic nitrogens is 1. The summed E-state index contributed by atoms with van der Waals surface area (Å²) < 4.78 is 11.1.